The molecule has 0 atom stereocenters. The van der Waals surface area contributed by atoms with Crippen molar-refractivity contribution in [1.82, 2.24) is 0 Å². The molecule has 0 radical (unpaired) electrons. The van der Waals surface area contributed by atoms with Gasteiger partial charge in [-0.25, -0.2) is 0 Å². The van der Waals surface area contributed by atoms with Crippen LogP contribution in [0.15, 0.2) is 9.66 Å². The van der Waals surface area contributed by atoms with Crippen LogP contribution in [0, 0.1) is 0 Å². The van der Waals surface area contributed by atoms with Gasteiger partial charge in [-0.1, -0.05) is 0 Å². The highest BCUT2D eigenvalue weighted by molar-refractivity contribution is 14.1. The van der Waals surface area contributed by atoms with E-state index in [9.17, 15) is 30.7 Å². The van der Waals surface area contributed by atoms with Crippen LogP contribution >= 0.6 is 22.6 Å². The van der Waals surface area contributed by atoms with E-state index >= 15 is 0 Å². The third-order valence-corrected chi connectivity index (χ3v) is 2.54. The Bertz CT molecular complexity index is 284. The van der Waals surface area contributed by atoms with E-state index in [-0.39, 0.29) is 23.0 Å². The molecule has 0 unspecified atom stereocenters. The second kappa shape index (κ2) is 5.72. The number of rotatable bonds is 5. The molecule has 1 N–H and O–H groups in total. The van der Waals surface area contributed by atoms with Crippen molar-refractivity contribution < 1.29 is 35.8 Å². The Hall–Kier alpha value is -0.0600. The molecule has 0 aliphatic heterocycles. The molecule has 0 saturated carbocycles. The van der Waals surface area contributed by atoms with Crippen LogP contribution in [0.4, 0.5) is 30.7 Å². The van der Waals surface area contributed by atoms with E-state index < -0.39 is 24.1 Å². The maximum Gasteiger partial charge on any atom is 0.460 e. The van der Waals surface area contributed by atoms with E-state index in [2.05, 4.69) is 0 Å². The predicted molar refractivity (Wildman–Crippen MR) is 54.4 cm³/mol. The first-order valence-corrected chi connectivity index (χ1v) is 5.34. The molecule has 9 heteroatoms. The van der Waals surface area contributed by atoms with Gasteiger partial charge in [0.15, 0.2) is 0 Å². The molecule has 1 nitrogen and oxygen atoms in total. The minimum Gasteiger partial charge on any atom is -0.396 e. The lowest BCUT2D eigenvalue weighted by molar-refractivity contribution is -0.341. The molecule has 0 aliphatic rings. The zero-order valence-electron chi connectivity index (χ0n) is 8.17. The smallest absolute Gasteiger partial charge is 0.396 e. The SMILES string of the molecule is OCCCC(I)=CC(F)(F)C(F)(F)C(F)(F)F. The third-order valence-electron chi connectivity index (χ3n) is 1.69. The molecule has 0 spiro atoms. The standard InChI is InChI=1S/C8H8F7IO/c9-6(10,4-5(16)2-1-3-17)7(11,12)8(13,14)15/h4,17H,1-3H2. The number of aliphatic hydroxyl groups excluding tert-OH is 1. The molecular formula is C8H8F7IO. The molecule has 0 aromatic heterocycles. The highest BCUT2D eigenvalue weighted by atomic mass is 127. The average Bonchev–Trinajstić information content (AvgIpc) is 2.11. The van der Waals surface area contributed by atoms with Gasteiger partial charge in [-0.2, -0.15) is 30.7 Å². The molecule has 102 valence electrons. The van der Waals surface area contributed by atoms with Crippen molar-refractivity contribution in [3.05, 3.63) is 9.66 Å². The lowest BCUT2D eigenvalue weighted by Crippen LogP contribution is -2.50. The van der Waals surface area contributed by atoms with Gasteiger partial charge in [-0.3, -0.25) is 0 Å². The van der Waals surface area contributed by atoms with Crippen LogP contribution in [-0.4, -0.2) is 29.7 Å². The first-order chi connectivity index (χ1) is 7.45. The normalized spacial score (nSPS) is 15.2. The summed E-state index contributed by atoms with van der Waals surface area (Å²) < 4.78 is 85.2. The minimum atomic E-state index is -6.32. The number of alkyl halides is 7. The molecule has 0 bridgehead atoms. The second-order valence-corrected chi connectivity index (χ2v) is 4.50. The fraction of sp³-hybridized carbons (Fsp3) is 0.750. The van der Waals surface area contributed by atoms with Crippen LogP contribution in [0.3, 0.4) is 0 Å². The first-order valence-electron chi connectivity index (χ1n) is 4.26. The van der Waals surface area contributed by atoms with Gasteiger partial charge in [-0.05, 0) is 39.0 Å². The molecular weight excluding hydrogens is 372 g/mol. The van der Waals surface area contributed by atoms with Crippen LogP contribution in [-0.2, 0) is 0 Å². The maximum absolute atomic E-state index is 12.8. The summed E-state index contributed by atoms with van der Waals surface area (Å²) in [6.07, 6.45) is -6.93. The largest absolute Gasteiger partial charge is 0.460 e. The van der Waals surface area contributed by atoms with E-state index in [1.807, 2.05) is 0 Å². The first kappa shape index (κ1) is 16.9. The summed E-state index contributed by atoms with van der Waals surface area (Å²) in [5.74, 6) is -11.4. The Morgan fingerprint density at radius 2 is 1.53 bits per heavy atom. The predicted octanol–water partition coefficient (Wildman–Crippen LogP) is 3.91. The zero-order valence-corrected chi connectivity index (χ0v) is 10.3. The van der Waals surface area contributed by atoms with Crippen molar-refractivity contribution in [2.24, 2.45) is 0 Å². The molecule has 0 fully saturated rings. The highest BCUT2D eigenvalue weighted by Gasteiger charge is 2.72. The molecule has 0 heterocycles. The maximum atomic E-state index is 12.8. The van der Waals surface area contributed by atoms with Gasteiger partial charge in [0.2, 0.25) is 0 Å². The lowest BCUT2D eigenvalue weighted by Gasteiger charge is -2.26. The zero-order chi connectivity index (χ0) is 13.9. The Balaban J connectivity index is 5.01. The van der Waals surface area contributed by atoms with Crippen LogP contribution in [0.5, 0.6) is 0 Å². The highest BCUT2D eigenvalue weighted by Crippen LogP contribution is 2.47. The summed E-state index contributed by atoms with van der Waals surface area (Å²) in [6.45, 7) is -0.373. The summed E-state index contributed by atoms with van der Waals surface area (Å²) in [4.78, 5) is 0. The van der Waals surface area contributed by atoms with Crippen molar-refractivity contribution in [3.8, 4) is 0 Å². The third kappa shape index (κ3) is 4.27. The summed E-state index contributed by atoms with van der Waals surface area (Å²) in [7, 11) is 0. The fourth-order valence-corrected chi connectivity index (χ4v) is 1.57. The Kier molecular flexibility index (Phi) is 5.70. The fourth-order valence-electron chi connectivity index (χ4n) is 0.796. The van der Waals surface area contributed by atoms with Crippen molar-refractivity contribution in [2.75, 3.05) is 6.61 Å². The summed E-state index contributed by atoms with van der Waals surface area (Å²) in [5.41, 5.74) is 0. The number of hydrogen-bond donors (Lipinski definition) is 1. The van der Waals surface area contributed by atoms with Crippen molar-refractivity contribution in [3.63, 3.8) is 0 Å². The van der Waals surface area contributed by atoms with Gasteiger partial charge >= 0.3 is 18.0 Å². The van der Waals surface area contributed by atoms with E-state index in [1.165, 1.54) is 22.6 Å². The number of hydrogen-bond acceptors (Lipinski definition) is 1. The van der Waals surface area contributed by atoms with Gasteiger partial charge in [0.25, 0.3) is 0 Å². The molecule has 17 heavy (non-hydrogen) atoms. The lowest BCUT2D eigenvalue weighted by atomic mass is 10.1. The quantitative estimate of drug-likeness (QED) is 0.567. The van der Waals surface area contributed by atoms with Gasteiger partial charge in [0.1, 0.15) is 0 Å². The second-order valence-electron chi connectivity index (χ2n) is 3.11. The summed E-state index contributed by atoms with van der Waals surface area (Å²) in [5, 5.41) is 8.36. The Morgan fingerprint density at radius 1 is 1.06 bits per heavy atom. The number of halogens is 8. The van der Waals surface area contributed by atoms with E-state index in [0.29, 0.717) is 0 Å². The number of aliphatic hydroxyl groups is 1. The van der Waals surface area contributed by atoms with Crippen molar-refractivity contribution in [1.29, 1.82) is 0 Å². The molecule has 0 rings (SSSR count). The van der Waals surface area contributed by atoms with Crippen molar-refractivity contribution in [2.45, 2.75) is 30.9 Å². The van der Waals surface area contributed by atoms with Gasteiger partial charge in [-0.15, -0.1) is 0 Å². The van der Waals surface area contributed by atoms with E-state index in [1.54, 1.807) is 0 Å². The van der Waals surface area contributed by atoms with Gasteiger partial charge in [0.05, 0.1) is 0 Å². The van der Waals surface area contributed by atoms with Crippen LogP contribution in [0.25, 0.3) is 0 Å². The Labute approximate surface area is 106 Å². The number of allylic oxidation sites excluding steroid dienone is 2. The van der Waals surface area contributed by atoms with Crippen LogP contribution < -0.4 is 0 Å². The monoisotopic (exact) mass is 380 g/mol. The topological polar surface area (TPSA) is 20.2 Å². The molecule has 0 aromatic carbocycles. The molecule has 0 saturated heterocycles. The van der Waals surface area contributed by atoms with Crippen LogP contribution in [0.2, 0.25) is 0 Å². The molecule has 0 amide bonds. The van der Waals surface area contributed by atoms with E-state index in [4.69, 9.17) is 5.11 Å². The van der Waals surface area contributed by atoms with Crippen molar-refractivity contribution >= 4 is 22.6 Å². The Morgan fingerprint density at radius 3 is 1.88 bits per heavy atom. The molecule has 0 aromatic rings. The van der Waals surface area contributed by atoms with Crippen LogP contribution in [0.1, 0.15) is 12.8 Å². The summed E-state index contributed by atoms with van der Waals surface area (Å²) in [6, 6.07) is 0. The summed E-state index contributed by atoms with van der Waals surface area (Å²) >= 11 is 1.23. The minimum absolute atomic E-state index is 0.00242. The van der Waals surface area contributed by atoms with Gasteiger partial charge < -0.3 is 5.11 Å². The average molecular weight is 380 g/mol. The van der Waals surface area contributed by atoms with Gasteiger partial charge in [0, 0.05) is 12.7 Å². The van der Waals surface area contributed by atoms with E-state index in [0.717, 1.165) is 0 Å². The molecule has 0 aliphatic carbocycles.